The topological polar surface area (TPSA) is 41.4 Å². The van der Waals surface area contributed by atoms with Crippen LogP contribution in [0, 0.1) is 5.92 Å². The van der Waals surface area contributed by atoms with E-state index in [0.717, 1.165) is 25.6 Å². The van der Waals surface area contributed by atoms with Crippen molar-refractivity contribution in [3.05, 3.63) is 18.5 Å². The highest BCUT2D eigenvalue weighted by Crippen LogP contribution is 2.31. The summed E-state index contributed by atoms with van der Waals surface area (Å²) in [6.07, 6.45) is 11.8. The van der Waals surface area contributed by atoms with Crippen molar-refractivity contribution in [1.82, 2.24) is 19.6 Å². The highest BCUT2D eigenvalue weighted by atomic mass is 16.2. The van der Waals surface area contributed by atoms with Gasteiger partial charge in [0.05, 0.1) is 0 Å². The molecule has 5 heteroatoms. The molecule has 3 heterocycles. The van der Waals surface area contributed by atoms with Crippen molar-refractivity contribution in [2.45, 2.75) is 57.5 Å². The van der Waals surface area contributed by atoms with E-state index in [1.807, 2.05) is 28.9 Å². The van der Waals surface area contributed by atoms with E-state index in [2.05, 4.69) is 10.00 Å². The third-order valence-electron chi connectivity index (χ3n) is 5.50. The summed E-state index contributed by atoms with van der Waals surface area (Å²) in [6.45, 7) is 4.29. The number of amides is 1. The Morgan fingerprint density at radius 3 is 2.96 bits per heavy atom. The minimum atomic E-state index is 0.282. The van der Waals surface area contributed by atoms with Gasteiger partial charge in [-0.1, -0.05) is 6.42 Å². The molecule has 0 N–H and O–H groups in total. The molecule has 0 aromatic carbocycles. The molecule has 0 bridgehead atoms. The molecule has 0 radical (unpaired) electrons. The number of carbonyl (C=O) groups is 1. The molecule has 2 unspecified atom stereocenters. The maximum absolute atomic E-state index is 12.4. The fraction of sp³-hybridized carbons (Fsp3) is 0.778. The van der Waals surface area contributed by atoms with Crippen molar-refractivity contribution in [3.8, 4) is 0 Å². The Labute approximate surface area is 139 Å². The number of aryl methyl sites for hydroxylation is 1. The summed E-state index contributed by atoms with van der Waals surface area (Å²) in [4.78, 5) is 17.0. The summed E-state index contributed by atoms with van der Waals surface area (Å²) < 4.78 is 1.90. The molecule has 2 aliphatic rings. The first kappa shape index (κ1) is 16.5. The number of carbonyl (C=O) groups excluding carboxylic acids is 1. The van der Waals surface area contributed by atoms with E-state index in [0.29, 0.717) is 12.3 Å². The Balaban J connectivity index is 1.43. The van der Waals surface area contributed by atoms with Crippen LogP contribution in [0.25, 0.3) is 0 Å². The van der Waals surface area contributed by atoms with Crippen molar-refractivity contribution in [1.29, 1.82) is 0 Å². The maximum Gasteiger partial charge on any atom is 0.222 e. The fourth-order valence-corrected chi connectivity index (χ4v) is 4.26. The van der Waals surface area contributed by atoms with Gasteiger partial charge in [-0.05, 0) is 57.2 Å². The lowest BCUT2D eigenvalue weighted by atomic mass is 9.83. The summed E-state index contributed by atoms with van der Waals surface area (Å²) in [5, 5.41) is 4.18. The zero-order valence-electron chi connectivity index (χ0n) is 14.4. The standard InChI is InChI=1S/C18H30N4O/c1-20(18(23)9-5-13-22-14-6-10-19-22)15-16-7-4-12-21-11-3-2-8-17(16)21/h6,10,14,16-17H,2-5,7-9,11-13,15H2,1H3. The number of fused-ring (bicyclic) bond motifs is 1. The van der Waals surface area contributed by atoms with Gasteiger partial charge in [0.25, 0.3) is 0 Å². The van der Waals surface area contributed by atoms with E-state index in [1.165, 1.54) is 45.2 Å². The Bertz CT molecular complexity index is 485. The molecule has 2 fully saturated rings. The van der Waals surface area contributed by atoms with Crippen LogP contribution in [0.2, 0.25) is 0 Å². The van der Waals surface area contributed by atoms with Gasteiger partial charge in [0.1, 0.15) is 0 Å². The number of hydrogen-bond donors (Lipinski definition) is 0. The van der Waals surface area contributed by atoms with Crippen LogP contribution in [0.15, 0.2) is 18.5 Å². The molecule has 128 valence electrons. The third kappa shape index (κ3) is 4.34. The van der Waals surface area contributed by atoms with Gasteiger partial charge in [0.2, 0.25) is 5.91 Å². The molecular formula is C18H30N4O. The molecule has 2 saturated heterocycles. The van der Waals surface area contributed by atoms with Crippen LogP contribution >= 0.6 is 0 Å². The van der Waals surface area contributed by atoms with Crippen LogP contribution in [-0.4, -0.2) is 58.2 Å². The fourth-order valence-electron chi connectivity index (χ4n) is 4.26. The highest BCUT2D eigenvalue weighted by molar-refractivity contribution is 5.75. The second-order valence-corrected chi connectivity index (χ2v) is 7.15. The normalized spacial score (nSPS) is 25.1. The number of rotatable bonds is 6. The largest absolute Gasteiger partial charge is 0.345 e. The number of hydrogen-bond acceptors (Lipinski definition) is 3. The second-order valence-electron chi connectivity index (χ2n) is 7.15. The Morgan fingerprint density at radius 1 is 1.26 bits per heavy atom. The molecule has 2 aliphatic heterocycles. The minimum absolute atomic E-state index is 0.282. The van der Waals surface area contributed by atoms with Crippen LogP contribution in [0.3, 0.4) is 0 Å². The van der Waals surface area contributed by atoms with Gasteiger partial charge in [-0.25, -0.2) is 0 Å². The third-order valence-corrected chi connectivity index (χ3v) is 5.50. The lowest BCUT2D eigenvalue weighted by Crippen LogP contribution is -2.51. The van der Waals surface area contributed by atoms with Crippen LogP contribution in [0.5, 0.6) is 0 Å². The van der Waals surface area contributed by atoms with Crippen molar-refractivity contribution >= 4 is 5.91 Å². The lowest BCUT2D eigenvalue weighted by molar-refractivity contribution is -0.131. The highest BCUT2D eigenvalue weighted by Gasteiger charge is 2.33. The molecule has 1 aromatic rings. The van der Waals surface area contributed by atoms with Gasteiger partial charge < -0.3 is 9.80 Å². The van der Waals surface area contributed by atoms with Gasteiger partial charge in [0, 0.05) is 45.0 Å². The molecule has 1 aromatic heterocycles. The predicted octanol–water partition coefficient (Wildman–Crippen LogP) is 2.39. The summed E-state index contributed by atoms with van der Waals surface area (Å²) in [7, 11) is 1.98. The zero-order chi connectivity index (χ0) is 16.1. The number of nitrogens with zero attached hydrogens (tertiary/aromatic N) is 4. The van der Waals surface area contributed by atoms with Gasteiger partial charge >= 0.3 is 0 Å². The molecule has 3 rings (SSSR count). The molecule has 0 saturated carbocycles. The lowest BCUT2D eigenvalue weighted by Gasteiger charge is -2.45. The molecule has 23 heavy (non-hydrogen) atoms. The average molecular weight is 318 g/mol. The maximum atomic E-state index is 12.4. The number of aromatic nitrogens is 2. The van der Waals surface area contributed by atoms with Crippen molar-refractivity contribution in [2.24, 2.45) is 5.92 Å². The first-order chi connectivity index (χ1) is 11.2. The summed E-state index contributed by atoms with van der Waals surface area (Å²) >= 11 is 0. The summed E-state index contributed by atoms with van der Waals surface area (Å²) in [5.74, 6) is 0.953. The van der Waals surface area contributed by atoms with E-state index in [9.17, 15) is 4.79 Å². The SMILES string of the molecule is CN(CC1CCCN2CCCCC12)C(=O)CCCn1cccn1. The minimum Gasteiger partial charge on any atom is -0.345 e. The summed E-state index contributed by atoms with van der Waals surface area (Å²) in [6, 6.07) is 2.64. The van der Waals surface area contributed by atoms with Crippen LogP contribution in [-0.2, 0) is 11.3 Å². The predicted molar refractivity (Wildman–Crippen MR) is 91.0 cm³/mol. The van der Waals surface area contributed by atoms with E-state index >= 15 is 0 Å². The van der Waals surface area contributed by atoms with E-state index in [-0.39, 0.29) is 5.91 Å². The molecule has 5 nitrogen and oxygen atoms in total. The van der Waals surface area contributed by atoms with Crippen LogP contribution in [0.1, 0.15) is 44.9 Å². The molecule has 1 amide bonds. The molecule has 0 spiro atoms. The Morgan fingerprint density at radius 2 is 2.13 bits per heavy atom. The second kappa shape index (κ2) is 7.95. The van der Waals surface area contributed by atoms with E-state index in [1.54, 1.807) is 6.20 Å². The van der Waals surface area contributed by atoms with Gasteiger partial charge in [-0.15, -0.1) is 0 Å². The molecule has 2 atom stereocenters. The monoisotopic (exact) mass is 318 g/mol. The first-order valence-electron chi connectivity index (χ1n) is 9.19. The Kier molecular flexibility index (Phi) is 5.70. The average Bonchev–Trinajstić information content (AvgIpc) is 3.08. The van der Waals surface area contributed by atoms with E-state index in [4.69, 9.17) is 0 Å². The summed E-state index contributed by atoms with van der Waals surface area (Å²) in [5.41, 5.74) is 0. The van der Waals surface area contributed by atoms with Gasteiger partial charge in [-0.3, -0.25) is 9.48 Å². The smallest absolute Gasteiger partial charge is 0.222 e. The van der Waals surface area contributed by atoms with Crippen molar-refractivity contribution in [3.63, 3.8) is 0 Å². The Hall–Kier alpha value is -1.36. The quantitative estimate of drug-likeness (QED) is 0.809. The van der Waals surface area contributed by atoms with Crippen molar-refractivity contribution in [2.75, 3.05) is 26.7 Å². The van der Waals surface area contributed by atoms with E-state index < -0.39 is 0 Å². The molecular weight excluding hydrogens is 288 g/mol. The van der Waals surface area contributed by atoms with Gasteiger partial charge in [-0.2, -0.15) is 5.10 Å². The number of piperidine rings is 2. The first-order valence-corrected chi connectivity index (χ1v) is 9.19. The zero-order valence-corrected chi connectivity index (χ0v) is 14.4. The van der Waals surface area contributed by atoms with Crippen molar-refractivity contribution < 1.29 is 4.79 Å². The van der Waals surface area contributed by atoms with Crippen LogP contribution in [0.4, 0.5) is 0 Å². The van der Waals surface area contributed by atoms with Gasteiger partial charge in [0.15, 0.2) is 0 Å². The van der Waals surface area contributed by atoms with Crippen LogP contribution < -0.4 is 0 Å². The molecule has 0 aliphatic carbocycles.